The lowest BCUT2D eigenvalue weighted by atomic mass is 9.95. The predicted octanol–water partition coefficient (Wildman–Crippen LogP) is 5.68. The third-order valence-electron chi connectivity index (χ3n) is 8.25. The summed E-state index contributed by atoms with van der Waals surface area (Å²) in [4.78, 5) is 31.5. The molecule has 5 rings (SSSR count). The number of halogens is 3. The van der Waals surface area contributed by atoms with Crippen LogP contribution in [0, 0.1) is 12.3 Å². The van der Waals surface area contributed by atoms with Gasteiger partial charge in [0.1, 0.15) is 5.75 Å². The maximum absolute atomic E-state index is 15.0. The lowest BCUT2D eigenvalue weighted by molar-refractivity contribution is -0.141. The summed E-state index contributed by atoms with van der Waals surface area (Å²) in [7, 11) is 0. The second kappa shape index (κ2) is 15.3. The number of hydrogen-bond donors (Lipinski definition) is 3. The van der Waals surface area contributed by atoms with Gasteiger partial charge >= 0.3 is 0 Å². The van der Waals surface area contributed by atoms with Crippen molar-refractivity contribution in [2.45, 2.75) is 51.0 Å². The Labute approximate surface area is 293 Å². The van der Waals surface area contributed by atoms with E-state index in [2.05, 4.69) is 26.8 Å². The highest BCUT2D eigenvalue weighted by Crippen LogP contribution is 2.45. The number of piperazine rings is 1. The van der Waals surface area contributed by atoms with Crippen LogP contribution in [-0.4, -0.2) is 66.5 Å². The zero-order valence-corrected chi connectivity index (χ0v) is 29.4. The molecule has 11 heteroatoms. The molecule has 250 valence electrons. The van der Waals surface area contributed by atoms with Crippen LogP contribution in [0.1, 0.15) is 62.0 Å². The maximum atomic E-state index is 15.0. The molecule has 0 saturated carbocycles. The molecule has 2 fully saturated rings. The van der Waals surface area contributed by atoms with Crippen molar-refractivity contribution in [2.24, 2.45) is 0 Å². The maximum Gasteiger partial charge on any atom is 0.262 e. The van der Waals surface area contributed by atoms with Crippen LogP contribution < -0.4 is 20.7 Å². The molecule has 3 atom stereocenters. The molecule has 3 N–H and O–H groups in total. The van der Waals surface area contributed by atoms with Gasteiger partial charge in [-0.15, -0.1) is 18.8 Å². The number of carbonyl (C=O) groups excluding carboxylic acids is 2. The SMILES string of the molecule is C#Cc1ccc(C2(C(=O)N3CCN(CC(=O)NC(C)(C)C)CC3)N[C@H](c3ccc(Cl)cc3)[C@H](c3ccc(Cl)cc3)N2)c(OCC)c1.Cl. The van der Waals surface area contributed by atoms with Crippen LogP contribution in [0.3, 0.4) is 0 Å². The molecule has 2 amide bonds. The number of ether oxygens (including phenoxy) is 1. The number of terminal acetylenes is 1. The minimum atomic E-state index is -1.38. The summed E-state index contributed by atoms with van der Waals surface area (Å²) >= 11 is 12.6. The first kappa shape index (κ1) is 36.5. The van der Waals surface area contributed by atoms with E-state index in [0.717, 1.165) is 11.1 Å². The first-order valence-electron chi connectivity index (χ1n) is 15.6. The number of carbonyl (C=O) groups is 2. The minimum absolute atomic E-state index is 0. The van der Waals surface area contributed by atoms with Crippen molar-refractivity contribution in [1.29, 1.82) is 0 Å². The number of nitrogens with one attached hydrogen (secondary N) is 3. The summed E-state index contributed by atoms with van der Waals surface area (Å²) in [6.45, 7) is 10.5. The summed E-state index contributed by atoms with van der Waals surface area (Å²) in [6.07, 6.45) is 5.76. The van der Waals surface area contributed by atoms with Gasteiger partial charge in [0.25, 0.3) is 5.91 Å². The molecule has 2 aliphatic rings. The molecule has 0 radical (unpaired) electrons. The summed E-state index contributed by atoms with van der Waals surface area (Å²) in [6, 6.07) is 20.1. The fourth-order valence-electron chi connectivity index (χ4n) is 6.16. The highest BCUT2D eigenvalue weighted by atomic mass is 35.5. The smallest absolute Gasteiger partial charge is 0.262 e. The third kappa shape index (κ3) is 8.42. The summed E-state index contributed by atoms with van der Waals surface area (Å²) in [5.41, 5.74) is 1.52. The van der Waals surface area contributed by atoms with Crippen molar-refractivity contribution in [1.82, 2.24) is 25.8 Å². The Morgan fingerprint density at radius 1 is 0.936 bits per heavy atom. The fraction of sp³-hybridized carbons (Fsp3) is 0.389. The van der Waals surface area contributed by atoms with E-state index in [1.807, 2.05) is 93.3 Å². The zero-order valence-electron chi connectivity index (χ0n) is 27.1. The van der Waals surface area contributed by atoms with Gasteiger partial charge in [-0.25, -0.2) is 0 Å². The van der Waals surface area contributed by atoms with E-state index in [0.29, 0.717) is 59.7 Å². The monoisotopic (exact) mass is 697 g/mol. The molecule has 0 bridgehead atoms. The first-order valence-corrected chi connectivity index (χ1v) is 16.3. The van der Waals surface area contributed by atoms with Gasteiger partial charge in [0.2, 0.25) is 5.91 Å². The van der Waals surface area contributed by atoms with Gasteiger partial charge in [0.05, 0.1) is 25.2 Å². The average molecular weight is 699 g/mol. The standard InChI is InChI=1S/C36H41Cl2N5O3.ClH/c1-6-24-8-17-29(30(22-24)46-7-2)36(34(45)43-20-18-42(19-21-43)23-31(44)39-35(3,4)5)40-32(25-9-13-27(37)14-10-25)33(41-36)26-11-15-28(38)16-12-26;/h1,8-17,22,32-33,40-41H,7,18-21,23H2,2-5H3,(H,39,44);1H/t32-,33+,36?;. The van der Waals surface area contributed by atoms with Gasteiger partial charge in [0.15, 0.2) is 5.66 Å². The molecule has 2 saturated heterocycles. The predicted molar refractivity (Wildman–Crippen MR) is 190 cm³/mol. The molecule has 2 aliphatic heterocycles. The van der Waals surface area contributed by atoms with Crippen LogP contribution in [0.15, 0.2) is 66.7 Å². The van der Waals surface area contributed by atoms with E-state index in [9.17, 15) is 9.59 Å². The Morgan fingerprint density at radius 3 is 1.94 bits per heavy atom. The molecule has 0 aromatic heterocycles. The first-order chi connectivity index (χ1) is 21.9. The van der Waals surface area contributed by atoms with Gasteiger partial charge in [-0.3, -0.25) is 25.1 Å². The van der Waals surface area contributed by atoms with Gasteiger partial charge in [-0.2, -0.15) is 0 Å². The highest BCUT2D eigenvalue weighted by Gasteiger charge is 2.54. The Balaban J connectivity index is 0.00000500. The van der Waals surface area contributed by atoms with E-state index in [-0.39, 0.29) is 48.4 Å². The number of nitrogens with zero attached hydrogens (tertiary/aromatic N) is 2. The van der Waals surface area contributed by atoms with Crippen molar-refractivity contribution in [3.8, 4) is 18.1 Å². The fourth-order valence-corrected chi connectivity index (χ4v) is 6.42. The highest BCUT2D eigenvalue weighted by molar-refractivity contribution is 6.30. The number of amides is 2. The minimum Gasteiger partial charge on any atom is -0.493 e. The zero-order chi connectivity index (χ0) is 33.1. The number of rotatable bonds is 8. The molecule has 2 heterocycles. The Bertz CT molecular complexity index is 1540. The Kier molecular flexibility index (Phi) is 11.9. The van der Waals surface area contributed by atoms with Crippen LogP contribution in [-0.2, 0) is 15.3 Å². The van der Waals surface area contributed by atoms with Gasteiger partial charge in [-0.1, -0.05) is 59.5 Å². The van der Waals surface area contributed by atoms with Crippen LogP contribution >= 0.6 is 35.6 Å². The summed E-state index contributed by atoms with van der Waals surface area (Å²) in [5.74, 6) is 3.03. The van der Waals surface area contributed by atoms with Gasteiger partial charge in [0, 0.05) is 52.9 Å². The van der Waals surface area contributed by atoms with Crippen molar-refractivity contribution in [3.63, 3.8) is 0 Å². The van der Waals surface area contributed by atoms with Gasteiger partial charge in [-0.05, 0) is 75.2 Å². The number of benzene rings is 3. The number of hydrogen-bond acceptors (Lipinski definition) is 6. The second-order valence-electron chi connectivity index (χ2n) is 12.8. The normalized spacial score (nSPS) is 21.4. The summed E-state index contributed by atoms with van der Waals surface area (Å²) in [5, 5.41) is 11.7. The Morgan fingerprint density at radius 2 is 1.47 bits per heavy atom. The molecule has 3 aromatic carbocycles. The lowest BCUT2D eigenvalue weighted by Crippen LogP contribution is -2.62. The van der Waals surface area contributed by atoms with Crippen molar-refractivity contribution >= 4 is 47.4 Å². The molecule has 0 aliphatic carbocycles. The van der Waals surface area contributed by atoms with Crippen molar-refractivity contribution in [2.75, 3.05) is 39.3 Å². The molecule has 3 aromatic rings. The van der Waals surface area contributed by atoms with Crippen molar-refractivity contribution < 1.29 is 14.3 Å². The molecule has 47 heavy (non-hydrogen) atoms. The Hall–Kier alpha value is -3.29. The average Bonchev–Trinajstić information content (AvgIpc) is 3.42. The van der Waals surface area contributed by atoms with E-state index >= 15 is 0 Å². The molecule has 8 nitrogen and oxygen atoms in total. The molecule has 1 unspecified atom stereocenters. The molecule has 0 spiro atoms. The van der Waals surface area contributed by atoms with E-state index in [1.165, 1.54) is 0 Å². The largest absolute Gasteiger partial charge is 0.493 e. The quantitative estimate of drug-likeness (QED) is 0.263. The van der Waals surface area contributed by atoms with Crippen LogP contribution in [0.5, 0.6) is 5.75 Å². The van der Waals surface area contributed by atoms with Crippen LogP contribution in [0.4, 0.5) is 0 Å². The summed E-state index contributed by atoms with van der Waals surface area (Å²) < 4.78 is 6.13. The topological polar surface area (TPSA) is 85.9 Å². The molecular formula is C36H42Cl3N5O3. The van der Waals surface area contributed by atoms with Gasteiger partial charge < -0.3 is 15.0 Å². The van der Waals surface area contributed by atoms with Crippen LogP contribution in [0.2, 0.25) is 10.0 Å². The van der Waals surface area contributed by atoms with Crippen LogP contribution in [0.25, 0.3) is 0 Å². The molecular weight excluding hydrogens is 657 g/mol. The van der Waals surface area contributed by atoms with E-state index in [1.54, 1.807) is 6.07 Å². The lowest BCUT2D eigenvalue weighted by Gasteiger charge is -2.40. The second-order valence-corrected chi connectivity index (χ2v) is 13.6. The van der Waals surface area contributed by atoms with Crippen molar-refractivity contribution in [3.05, 3.63) is 99.0 Å². The third-order valence-corrected chi connectivity index (χ3v) is 8.75. The van der Waals surface area contributed by atoms with E-state index < -0.39 is 5.66 Å². The van der Waals surface area contributed by atoms with E-state index in [4.69, 9.17) is 34.4 Å².